The molecule has 2 N–H and O–H groups in total. The molecule has 0 aliphatic carbocycles. The van der Waals surface area contributed by atoms with Crippen LogP contribution in [0.5, 0.6) is 0 Å². The first-order valence-electron chi connectivity index (χ1n) is 4.68. The minimum atomic E-state index is -3.61. The second-order valence-electron chi connectivity index (χ2n) is 3.10. The smallest absolute Gasteiger partial charge is 0.321 e. The molecule has 0 aliphatic heterocycles. The van der Waals surface area contributed by atoms with Crippen molar-refractivity contribution in [1.29, 1.82) is 0 Å². The average molecular weight is 255 g/mol. The number of carboxylic acids is 1. The lowest BCUT2D eigenvalue weighted by Crippen LogP contribution is -2.40. The van der Waals surface area contributed by atoms with Gasteiger partial charge in [0.1, 0.15) is 6.04 Å². The van der Waals surface area contributed by atoms with Crippen LogP contribution < -0.4 is 4.72 Å². The number of ether oxygens (including phenoxy) is 2. The van der Waals surface area contributed by atoms with E-state index < -0.39 is 22.0 Å². The van der Waals surface area contributed by atoms with Crippen molar-refractivity contribution >= 4 is 16.0 Å². The zero-order valence-electron chi connectivity index (χ0n) is 9.30. The van der Waals surface area contributed by atoms with Crippen LogP contribution in [-0.4, -0.2) is 58.2 Å². The third kappa shape index (κ3) is 7.57. The SMILES string of the molecule is COCCOCCS(=O)(=O)N[C@H](C)C(=O)O. The summed E-state index contributed by atoms with van der Waals surface area (Å²) < 4.78 is 34.3. The summed E-state index contributed by atoms with van der Waals surface area (Å²) in [6.07, 6.45) is 0. The largest absolute Gasteiger partial charge is 0.480 e. The molecule has 1 atom stereocenters. The molecule has 0 aromatic rings. The van der Waals surface area contributed by atoms with Crippen LogP contribution in [0.3, 0.4) is 0 Å². The van der Waals surface area contributed by atoms with Crippen LogP contribution in [0.2, 0.25) is 0 Å². The normalized spacial score (nSPS) is 13.6. The van der Waals surface area contributed by atoms with Gasteiger partial charge in [0.15, 0.2) is 0 Å². The van der Waals surface area contributed by atoms with Crippen LogP contribution in [0.15, 0.2) is 0 Å². The molecule has 96 valence electrons. The average Bonchev–Trinajstić information content (AvgIpc) is 2.16. The van der Waals surface area contributed by atoms with Gasteiger partial charge in [0.25, 0.3) is 0 Å². The summed E-state index contributed by atoms with van der Waals surface area (Å²) in [6, 6.07) is -1.14. The van der Waals surface area contributed by atoms with Crippen molar-refractivity contribution in [2.24, 2.45) is 0 Å². The van der Waals surface area contributed by atoms with Crippen molar-refractivity contribution in [3.63, 3.8) is 0 Å². The topological polar surface area (TPSA) is 102 Å². The van der Waals surface area contributed by atoms with Gasteiger partial charge in [0, 0.05) is 7.11 Å². The molecule has 16 heavy (non-hydrogen) atoms. The molecule has 0 fully saturated rings. The molecule has 0 saturated heterocycles. The Morgan fingerprint density at radius 2 is 2.00 bits per heavy atom. The van der Waals surface area contributed by atoms with Crippen molar-refractivity contribution in [1.82, 2.24) is 4.72 Å². The van der Waals surface area contributed by atoms with Crippen LogP contribution in [0.1, 0.15) is 6.92 Å². The third-order valence-electron chi connectivity index (χ3n) is 1.65. The van der Waals surface area contributed by atoms with Gasteiger partial charge < -0.3 is 14.6 Å². The Kier molecular flexibility index (Phi) is 7.22. The highest BCUT2D eigenvalue weighted by Gasteiger charge is 2.18. The molecular formula is C8H17NO6S. The number of hydrogen-bond acceptors (Lipinski definition) is 5. The Hall–Kier alpha value is -0.700. The quantitative estimate of drug-likeness (QED) is 0.515. The first-order valence-corrected chi connectivity index (χ1v) is 6.34. The molecule has 0 bridgehead atoms. The molecule has 0 aromatic heterocycles. The number of methoxy groups -OCH3 is 1. The van der Waals surface area contributed by atoms with Gasteiger partial charge in [0.05, 0.1) is 25.6 Å². The Morgan fingerprint density at radius 1 is 1.38 bits per heavy atom. The third-order valence-corrected chi connectivity index (χ3v) is 3.07. The number of carboxylic acid groups (broad SMARTS) is 1. The number of aliphatic carboxylic acids is 1. The van der Waals surface area contributed by atoms with E-state index in [0.717, 1.165) is 0 Å². The van der Waals surface area contributed by atoms with Gasteiger partial charge in [-0.1, -0.05) is 0 Å². The molecular weight excluding hydrogens is 238 g/mol. The van der Waals surface area contributed by atoms with E-state index in [1.54, 1.807) is 0 Å². The Labute approximate surface area is 94.8 Å². The maximum atomic E-state index is 11.3. The molecule has 0 rings (SSSR count). The molecule has 0 unspecified atom stereocenters. The molecule has 0 amide bonds. The van der Waals surface area contributed by atoms with E-state index in [2.05, 4.69) is 0 Å². The maximum absolute atomic E-state index is 11.3. The molecule has 0 radical (unpaired) electrons. The molecule has 0 aliphatic rings. The second kappa shape index (κ2) is 7.55. The van der Waals surface area contributed by atoms with Crippen LogP contribution in [0.4, 0.5) is 0 Å². The summed E-state index contributed by atoms with van der Waals surface area (Å²) in [6.45, 7) is 1.95. The van der Waals surface area contributed by atoms with Gasteiger partial charge in [-0.15, -0.1) is 0 Å². The summed E-state index contributed by atoms with van der Waals surface area (Å²) >= 11 is 0. The minimum Gasteiger partial charge on any atom is -0.480 e. The fourth-order valence-electron chi connectivity index (χ4n) is 0.792. The summed E-state index contributed by atoms with van der Waals surface area (Å²) in [4.78, 5) is 10.4. The van der Waals surface area contributed by atoms with Crippen molar-refractivity contribution in [3.05, 3.63) is 0 Å². The summed E-state index contributed by atoms with van der Waals surface area (Å²) in [5.74, 6) is -1.49. The molecule has 0 heterocycles. The number of sulfonamides is 1. The van der Waals surface area contributed by atoms with Gasteiger partial charge in [-0.05, 0) is 6.92 Å². The molecule has 7 nitrogen and oxygen atoms in total. The van der Waals surface area contributed by atoms with E-state index in [4.69, 9.17) is 14.6 Å². The molecule has 0 saturated carbocycles. The van der Waals surface area contributed by atoms with Crippen molar-refractivity contribution in [2.75, 3.05) is 32.7 Å². The highest BCUT2D eigenvalue weighted by Crippen LogP contribution is 1.91. The van der Waals surface area contributed by atoms with E-state index in [-0.39, 0.29) is 12.4 Å². The Bertz CT molecular complexity index is 302. The zero-order valence-corrected chi connectivity index (χ0v) is 10.1. The highest BCUT2D eigenvalue weighted by molar-refractivity contribution is 7.89. The summed E-state index contributed by atoms with van der Waals surface area (Å²) in [5.41, 5.74) is 0. The van der Waals surface area contributed by atoms with E-state index >= 15 is 0 Å². The standard InChI is InChI=1S/C8H17NO6S/c1-7(8(10)11)9-16(12,13)6-5-15-4-3-14-2/h7,9H,3-6H2,1-2H3,(H,10,11)/t7-/m1/s1. The van der Waals surface area contributed by atoms with Crippen LogP contribution in [0.25, 0.3) is 0 Å². The lowest BCUT2D eigenvalue weighted by Gasteiger charge is -2.10. The fourth-order valence-corrected chi connectivity index (χ4v) is 1.89. The minimum absolute atomic E-state index is 0.00499. The monoisotopic (exact) mass is 255 g/mol. The number of hydrogen-bond donors (Lipinski definition) is 2. The number of rotatable bonds is 9. The van der Waals surface area contributed by atoms with Crippen LogP contribution in [-0.2, 0) is 24.3 Å². The summed E-state index contributed by atoms with van der Waals surface area (Å²) in [7, 11) is -2.10. The lowest BCUT2D eigenvalue weighted by atomic mass is 10.4. The predicted molar refractivity (Wildman–Crippen MR) is 56.7 cm³/mol. The first kappa shape index (κ1) is 15.3. The second-order valence-corrected chi connectivity index (χ2v) is 4.98. The van der Waals surface area contributed by atoms with Crippen LogP contribution >= 0.6 is 0 Å². The molecule has 8 heteroatoms. The van der Waals surface area contributed by atoms with Crippen molar-refractivity contribution in [3.8, 4) is 0 Å². The molecule has 0 spiro atoms. The van der Waals surface area contributed by atoms with Gasteiger partial charge >= 0.3 is 5.97 Å². The lowest BCUT2D eigenvalue weighted by molar-refractivity contribution is -0.138. The van der Waals surface area contributed by atoms with Crippen molar-refractivity contribution in [2.45, 2.75) is 13.0 Å². The van der Waals surface area contributed by atoms with E-state index in [1.807, 2.05) is 4.72 Å². The van der Waals surface area contributed by atoms with Gasteiger partial charge in [0.2, 0.25) is 10.0 Å². The van der Waals surface area contributed by atoms with Gasteiger partial charge in [-0.3, -0.25) is 4.79 Å². The maximum Gasteiger partial charge on any atom is 0.321 e. The number of carbonyl (C=O) groups is 1. The van der Waals surface area contributed by atoms with E-state index in [9.17, 15) is 13.2 Å². The van der Waals surface area contributed by atoms with Gasteiger partial charge in [-0.2, -0.15) is 0 Å². The van der Waals surface area contributed by atoms with E-state index in [1.165, 1.54) is 14.0 Å². The fraction of sp³-hybridized carbons (Fsp3) is 0.875. The highest BCUT2D eigenvalue weighted by atomic mass is 32.2. The van der Waals surface area contributed by atoms with Crippen molar-refractivity contribution < 1.29 is 27.8 Å². The summed E-state index contributed by atoms with van der Waals surface area (Å²) in [5, 5.41) is 8.51. The van der Waals surface area contributed by atoms with Crippen LogP contribution in [0, 0.1) is 0 Å². The van der Waals surface area contributed by atoms with Gasteiger partial charge in [-0.25, -0.2) is 13.1 Å². The Morgan fingerprint density at radius 3 is 2.50 bits per heavy atom. The zero-order chi connectivity index (χ0) is 12.6. The molecule has 0 aromatic carbocycles. The van der Waals surface area contributed by atoms with E-state index in [0.29, 0.717) is 13.2 Å². The predicted octanol–water partition coefficient (Wildman–Crippen LogP) is -0.958. The first-order chi connectivity index (χ1) is 7.39. The Balaban J connectivity index is 3.83. The number of nitrogens with one attached hydrogen (secondary N) is 1.